The number of nitrogens with zero attached hydrogens (tertiary/aromatic N) is 4. The number of benzene rings is 2. The first-order chi connectivity index (χ1) is 14.7. The number of hydrogen-bond acceptors (Lipinski definition) is 6. The molecular weight excluding hydrogens is 396 g/mol. The molecule has 1 saturated heterocycles. The van der Waals surface area contributed by atoms with Gasteiger partial charge >= 0.3 is 0 Å². The van der Waals surface area contributed by atoms with Crippen molar-refractivity contribution in [1.82, 2.24) is 14.8 Å². The van der Waals surface area contributed by atoms with Gasteiger partial charge in [0.15, 0.2) is 0 Å². The van der Waals surface area contributed by atoms with Gasteiger partial charge in [-0.2, -0.15) is 5.26 Å². The zero-order valence-electron chi connectivity index (χ0n) is 16.5. The molecule has 2 aromatic carbocycles. The van der Waals surface area contributed by atoms with Crippen molar-refractivity contribution in [2.24, 2.45) is 0 Å². The summed E-state index contributed by atoms with van der Waals surface area (Å²) in [4.78, 5) is 21.2. The standard InChI is InChI=1S/C23H22N4O2S/c24-13-18-1-3-19(4-2-18)14-26-9-11-27(12-10-26)23(28)20-5-7-22(8-6-20)29-15-21-16-30-17-25-21/h1-8,16-17H,9-12,14-15H2. The molecule has 1 aliphatic heterocycles. The van der Waals surface area contributed by atoms with Crippen molar-refractivity contribution in [3.63, 3.8) is 0 Å². The van der Waals surface area contributed by atoms with E-state index in [0.29, 0.717) is 30.8 Å². The van der Waals surface area contributed by atoms with Crippen molar-refractivity contribution in [3.8, 4) is 11.8 Å². The van der Waals surface area contributed by atoms with Crippen molar-refractivity contribution in [2.75, 3.05) is 26.2 Å². The smallest absolute Gasteiger partial charge is 0.253 e. The minimum Gasteiger partial charge on any atom is -0.487 e. The molecule has 0 radical (unpaired) electrons. The molecule has 6 nitrogen and oxygen atoms in total. The van der Waals surface area contributed by atoms with Gasteiger partial charge in [-0.15, -0.1) is 11.3 Å². The van der Waals surface area contributed by atoms with E-state index in [1.165, 1.54) is 5.56 Å². The third kappa shape index (κ3) is 5.03. The minimum atomic E-state index is 0.0547. The highest BCUT2D eigenvalue weighted by Crippen LogP contribution is 2.17. The van der Waals surface area contributed by atoms with E-state index in [1.54, 1.807) is 16.8 Å². The molecule has 0 aliphatic carbocycles. The van der Waals surface area contributed by atoms with Crippen LogP contribution in [0.3, 0.4) is 0 Å². The summed E-state index contributed by atoms with van der Waals surface area (Å²) in [5, 5.41) is 10.9. The van der Waals surface area contributed by atoms with Crippen LogP contribution in [0.4, 0.5) is 0 Å². The number of carbonyl (C=O) groups excluding carboxylic acids is 1. The third-order valence-corrected chi connectivity index (χ3v) is 5.76. The van der Waals surface area contributed by atoms with Gasteiger partial charge in [0.2, 0.25) is 0 Å². The number of hydrogen-bond donors (Lipinski definition) is 0. The van der Waals surface area contributed by atoms with Crippen LogP contribution in [0.25, 0.3) is 0 Å². The predicted molar refractivity (Wildman–Crippen MR) is 115 cm³/mol. The van der Waals surface area contributed by atoms with Gasteiger partial charge < -0.3 is 9.64 Å². The highest BCUT2D eigenvalue weighted by atomic mass is 32.1. The van der Waals surface area contributed by atoms with E-state index in [1.807, 2.05) is 58.8 Å². The van der Waals surface area contributed by atoms with Crippen LogP contribution < -0.4 is 4.74 Å². The zero-order valence-corrected chi connectivity index (χ0v) is 17.3. The maximum absolute atomic E-state index is 12.8. The minimum absolute atomic E-state index is 0.0547. The second-order valence-corrected chi connectivity index (χ2v) is 7.89. The molecule has 0 unspecified atom stereocenters. The Balaban J connectivity index is 1.26. The van der Waals surface area contributed by atoms with Gasteiger partial charge in [0.05, 0.1) is 22.8 Å². The van der Waals surface area contributed by atoms with Gasteiger partial charge in [-0.05, 0) is 42.0 Å². The molecule has 0 N–H and O–H groups in total. The van der Waals surface area contributed by atoms with Crippen LogP contribution in [-0.4, -0.2) is 46.9 Å². The van der Waals surface area contributed by atoms with E-state index in [9.17, 15) is 4.79 Å². The molecule has 1 amide bonds. The Hall–Kier alpha value is -3.21. The number of nitriles is 1. The summed E-state index contributed by atoms with van der Waals surface area (Å²) < 4.78 is 5.71. The SMILES string of the molecule is N#Cc1ccc(CN2CCN(C(=O)c3ccc(OCc4cscn4)cc3)CC2)cc1. The molecule has 1 fully saturated rings. The third-order valence-electron chi connectivity index (χ3n) is 5.12. The second-order valence-electron chi connectivity index (χ2n) is 7.17. The molecule has 7 heteroatoms. The van der Waals surface area contributed by atoms with Crippen LogP contribution in [0.5, 0.6) is 5.75 Å². The Bertz CT molecular complexity index is 1000. The van der Waals surface area contributed by atoms with Crippen molar-refractivity contribution in [1.29, 1.82) is 5.26 Å². The van der Waals surface area contributed by atoms with Crippen LogP contribution in [0.2, 0.25) is 0 Å². The molecule has 2 heterocycles. The average molecular weight is 419 g/mol. The monoisotopic (exact) mass is 418 g/mol. The highest BCUT2D eigenvalue weighted by Gasteiger charge is 2.22. The zero-order chi connectivity index (χ0) is 20.8. The van der Waals surface area contributed by atoms with Gasteiger partial charge in [0, 0.05) is 43.7 Å². The van der Waals surface area contributed by atoms with E-state index in [2.05, 4.69) is 16.0 Å². The molecule has 0 spiro atoms. The van der Waals surface area contributed by atoms with Gasteiger partial charge in [-0.1, -0.05) is 12.1 Å². The van der Waals surface area contributed by atoms with Crippen LogP contribution >= 0.6 is 11.3 Å². The van der Waals surface area contributed by atoms with Gasteiger partial charge in [0.25, 0.3) is 5.91 Å². The maximum Gasteiger partial charge on any atom is 0.253 e. The fourth-order valence-electron chi connectivity index (χ4n) is 3.39. The largest absolute Gasteiger partial charge is 0.487 e. The molecule has 0 bridgehead atoms. The van der Waals surface area contributed by atoms with Gasteiger partial charge in [-0.3, -0.25) is 9.69 Å². The maximum atomic E-state index is 12.8. The molecular formula is C23H22N4O2S. The summed E-state index contributed by atoms with van der Waals surface area (Å²) >= 11 is 1.54. The quantitative estimate of drug-likeness (QED) is 0.612. The lowest BCUT2D eigenvalue weighted by atomic mass is 10.1. The number of thiazole rings is 1. The lowest BCUT2D eigenvalue weighted by molar-refractivity contribution is 0.0628. The molecule has 30 heavy (non-hydrogen) atoms. The van der Waals surface area contributed by atoms with E-state index >= 15 is 0 Å². The number of ether oxygens (including phenoxy) is 1. The number of aromatic nitrogens is 1. The summed E-state index contributed by atoms with van der Waals surface area (Å²) in [6.07, 6.45) is 0. The Morgan fingerprint density at radius 2 is 1.80 bits per heavy atom. The topological polar surface area (TPSA) is 69.5 Å². The number of piperazine rings is 1. The lowest BCUT2D eigenvalue weighted by Crippen LogP contribution is -2.48. The highest BCUT2D eigenvalue weighted by molar-refractivity contribution is 7.07. The van der Waals surface area contributed by atoms with Crippen LogP contribution in [0.1, 0.15) is 27.2 Å². The van der Waals surface area contributed by atoms with Crippen LogP contribution in [0, 0.1) is 11.3 Å². The van der Waals surface area contributed by atoms with Gasteiger partial charge in [-0.25, -0.2) is 4.98 Å². The van der Waals surface area contributed by atoms with E-state index in [-0.39, 0.29) is 5.91 Å². The van der Waals surface area contributed by atoms with Crippen molar-refractivity contribution in [2.45, 2.75) is 13.2 Å². The Labute approximate surface area is 180 Å². The fraction of sp³-hybridized carbons (Fsp3) is 0.261. The molecule has 4 rings (SSSR count). The van der Waals surface area contributed by atoms with Crippen LogP contribution in [0.15, 0.2) is 59.4 Å². The summed E-state index contributed by atoms with van der Waals surface area (Å²) in [5.74, 6) is 0.783. The molecule has 1 aliphatic rings. The summed E-state index contributed by atoms with van der Waals surface area (Å²) in [5.41, 5.74) is 5.22. The van der Waals surface area contributed by atoms with Crippen molar-refractivity contribution >= 4 is 17.2 Å². The summed E-state index contributed by atoms with van der Waals surface area (Å²) in [6, 6.07) is 17.1. The number of carbonyl (C=O) groups is 1. The summed E-state index contributed by atoms with van der Waals surface area (Å²) in [7, 11) is 0. The van der Waals surface area contributed by atoms with Crippen molar-refractivity contribution in [3.05, 3.63) is 81.8 Å². The Morgan fingerprint density at radius 1 is 1.07 bits per heavy atom. The van der Waals surface area contributed by atoms with E-state index in [4.69, 9.17) is 10.00 Å². The fourth-order valence-corrected chi connectivity index (χ4v) is 3.94. The Morgan fingerprint density at radius 3 is 2.43 bits per heavy atom. The molecule has 152 valence electrons. The first kappa shape index (κ1) is 20.1. The molecule has 0 saturated carbocycles. The number of amides is 1. The number of rotatable bonds is 6. The first-order valence-corrected chi connectivity index (χ1v) is 10.8. The average Bonchev–Trinajstić information content (AvgIpc) is 3.32. The second kappa shape index (κ2) is 9.53. The Kier molecular flexibility index (Phi) is 6.38. The molecule has 0 atom stereocenters. The van der Waals surface area contributed by atoms with E-state index < -0.39 is 0 Å². The molecule has 3 aromatic rings. The summed E-state index contributed by atoms with van der Waals surface area (Å²) in [6.45, 7) is 4.34. The molecule has 1 aromatic heterocycles. The van der Waals surface area contributed by atoms with E-state index in [0.717, 1.165) is 31.1 Å². The normalized spacial score (nSPS) is 14.3. The predicted octanol–water partition coefficient (Wildman–Crippen LogP) is 3.55. The van der Waals surface area contributed by atoms with Crippen molar-refractivity contribution < 1.29 is 9.53 Å². The lowest BCUT2D eigenvalue weighted by Gasteiger charge is -2.34. The first-order valence-electron chi connectivity index (χ1n) is 9.82. The van der Waals surface area contributed by atoms with Crippen LogP contribution in [-0.2, 0) is 13.2 Å². The van der Waals surface area contributed by atoms with Gasteiger partial charge in [0.1, 0.15) is 12.4 Å².